The molecule has 4 heteroatoms. The first-order chi connectivity index (χ1) is 9.76. The summed E-state index contributed by atoms with van der Waals surface area (Å²) in [5, 5.41) is 6.68. The van der Waals surface area contributed by atoms with E-state index in [0.717, 1.165) is 45.4 Å². The molecule has 0 radical (unpaired) electrons. The fraction of sp³-hybridized carbons (Fsp3) is 0.941. The SMILES string of the molecule is CC1(C)CC(NC(=O)CN2CCCNCC2)CC(C)(C)C1. The molecule has 0 unspecified atom stereocenters. The van der Waals surface area contributed by atoms with Crippen LogP contribution in [-0.4, -0.2) is 49.6 Å². The number of nitrogens with zero attached hydrogens (tertiary/aromatic N) is 1. The number of carbonyl (C=O) groups is 1. The van der Waals surface area contributed by atoms with Gasteiger partial charge in [0.25, 0.3) is 0 Å². The predicted octanol–water partition coefficient (Wildman–Crippen LogP) is 2.00. The molecule has 2 N–H and O–H groups in total. The molecule has 1 saturated carbocycles. The van der Waals surface area contributed by atoms with Gasteiger partial charge in [0.1, 0.15) is 0 Å². The van der Waals surface area contributed by atoms with E-state index < -0.39 is 0 Å². The summed E-state index contributed by atoms with van der Waals surface area (Å²) in [4.78, 5) is 14.6. The van der Waals surface area contributed by atoms with E-state index in [4.69, 9.17) is 0 Å². The van der Waals surface area contributed by atoms with Gasteiger partial charge < -0.3 is 10.6 Å². The number of hydrogen-bond acceptors (Lipinski definition) is 3. The van der Waals surface area contributed by atoms with Crippen molar-refractivity contribution in [2.45, 2.75) is 59.4 Å². The van der Waals surface area contributed by atoms with Crippen LogP contribution in [-0.2, 0) is 4.79 Å². The second kappa shape index (κ2) is 6.66. The van der Waals surface area contributed by atoms with Gasteiger partial charge in [0, 0.05) is 19.1 Å². The van der Waals surface area contributed by atoms with E-state index in [1.165, 1.54) is 6.42 Å². The maximum Gasteiger partial charge on any atom is 0.234 e. The Morgan fingerprint density at radius 2 is 1.81 bits per heavy atom. The minimum Gasteiger partial charge on any atom is -0.352 e. The Morgan fingerprint density at radius 3 is 2.48 bits per heavy atom. The van der Waals surface area contributed by atoms with Gasteiger partial charge in [-0.3, -0.25) is 9.69 Å². The van der Waals surface area contributed by atoms with Crippen molar-refractivity contribution in [3.05, 3.63) is 0 Å². The Bertz CT molecular complexity index is 341. The predicted molar refractivity (Wildman–Crippen MR) is 87.3 cm³/mol. The van der Waals surface area contributed by atoms with Gasteiger partial charge in [0.2, 0.25) is 5.91 Å². The second-order valence-corrected chi connectivity index (χ2v) is 8.56. The van der Waals surface area contributed by atoms with Gasteiger partial charge >= 0.3 is 0 Å². The number of hydrogen-bond donors (Lipinski definition) is 2. The van der Waals surface area contributed by atoms with Crippen molar-refractivity contribution < 1.29 is 4.79 Å². The van der Waals surface area contributed by atoms with E-state index in [1.807, 2.05) is 0 Å². The number of carbonyl (C=O) groups excluding carboxylic acids is 1. The largest absolute Gasteiger partial charge is 0.352 e. The maximum absolute atomic E-state index is 12.3. The van der Waals surface area contributed by atoms with Crippen molar-refractivity contribution in [2.24, 2.45) is 10.8 Å². The minimum atomic E-state index is 0.204. The number of rotatable bonds is 3. The summed E-state index contributed by atoms with van der Waals surface area (Å²) in [5.41, 5.74) is 0.651. The van der Waals surface area contributed by atoms with Crippen molar-refractivity contribution in [1.82, 2.24) is 15.5 Å². The molecule has 0 aromatic carbocycles. The summed E-state index contributed by atoms with van der Waals surface area (Å²) in [6.07, 6.45) is 4.58. The van der Waals surface area contributed by atoms with Gasteiger partial charge in [-0.25, -0.2) is 0 Å². The third-order valence-corrected chi connectivity index (χ3v) is 4.72. The first kappa shape index (κ1) is 16.8. The van der Waals surface area contributed by atoms with E-state index in [1.54, 1.807) is 0 Å². The van der Waals surface area contributed by atoms with Crippen LogP contribution < -0.4 is 10.6 Å². The number of amides is 1. The van der Waals surface area contributed by atoms with Crippen LogP contribution in [0.5, 0.6) is 0 Å². The van der Waals surface area contributed by atoms with Gasteiger partial charge in [-0.15, -0.1) is 0 Å². The zero-order chi connectivity index (χ0) is 15.5. The molecule has 2 fully saturated rings. The zero-order valence-corrected chi connectivity index (χ0v) is 14.3. The lowest BCUT2D eigenvalue weighted by atomic mass is 9.63. The van der Waals surface area contributed by atoms with Crippen molar-refractivity contribution in [2.75, 3.05) is 32.7 Å². The third-order valence-electron chi connectivity index (χ3n) is 4.72. The summed E-state index contributed by atoms with van der Waals surface area (Å²) in [5.74, 6) is 0.204. The van der Waals surface area contributed by atoms with Crippen molar-refractivity contribution in [3.63, 3.8) is 0 Å². The average Bonchev–Trinajstić information content (AvgIpc) is 2.52. The van der Waals surface area contributed by atoms with Crippen LogP contribution in [0, 0.1) is 10.8 Å². The molecular formula is C17H33N3O. The van der Waals surface area contributed by atoms with E-state index in [-0.39, 0.29) is 5.91 Å². The van der Waals surface area contributed by atoms with Gasteiger partial charge in [-0.1, -0.05) is 27.7 Å². The van der Waals surface area contributed by atoms with Gasteiger partial charge in [0.15, 0.2) is 0 Å². The molecule has 2 rings (SSSR count). The lowest BCUT2D eigenvalue weighted by molar-refractivity contribution is -0.123. The van der Waals surface area contributed by atoms with Crippen LogP contribution in [0.2, 0.25) is 0 Å². The van der Waals surface area contributed by atoms with Crippen LogP contribution in [0.25, 0.3) is 0 Å². The number of nitrogens with one attached hydrogen (secondary N) is 2. The normalized spacial score (nSPS) is 27.0. The first-order valence-corrected chi connectivity index (χ1v) is 8.48. The van der Waals surface area contributed by atoms with Crippen molar-refractivity contribution in [1.29, 1.82) is 0 Å². The zero-order valence-electron chi connectivity index (χ0n) is 14.3. The van der Waals surface area contributed by atoms with Gasteiger partial charge in [0.05, 0.1) is 6.54 Å². The molecule has 4 nitrogen and oxygen atoms in total. The molecule has 1 aliphatic heterocycles. The fourth-order valence-corrected chi connectivity index (χ4v) is 4.48. The molecule has 0 atom stereocenters. The Hall–Kier alpha value is -0.610. The van der Waals surface area contributed by atoms with Crippen molar-refractivity contribution >= 4 is 5.91 Å². The maximum atomic E-state index is 12.3. The standard InChI is InChI=1S/C17H33N3O/c1-16(2)10-14(11-17(3,4)13-16)19-15(21)12-20-8-5-6-18-7-9-20/h14,18H,5-13H2,1-4H3,(H,19,21). The third kappa shape index (κ3) is 5.59. The van der Waals surface area contributed by atoms with Crippen LogP contribution in [0.4, 0.5) is 0 Å². The highest BCUT2D eigenvalue weighted by Gasteiger charge is 2.38. The Morgan fingerprint density at radius 1 is 1.14 bits per heavy atom. The molecule has 0 aromatic heterocycles. The highest BCUT2D eigenvalue weighted by Crippen LogP contribution is 2.45. The molecule has 2 aliphatic rings. The summed E-state index contributed by atoms with van der Waals surface area (Å²) >= 11 is 0. The van der Waals surface area contributed by atoms with E-state index in [0.29, 0.717) is 23.4 Å². The summed E-state index contributed by atoms with van der Waals surface area (Å²) in [6, 6.07) is 0.335. The Balaban J connectivity index is 1.84. The molecule has 1 heterocycles. The van der Waals surface area contributed by atoms with Crippen LogP contribution in [0.15, 0.2) is 0 Å². The summed E-state index contributed by atoms with van der Waals surface area (Å²) < 4.78 is 0. The molecule has 1 aliphatic carbocycles. The Kier molecular flexibility index (Phi) is 5.31. The molecule has 0 spiro atoms. The fourth-order valence-electron chi connectivity index (χ4n) is 4.48. The quantitative estimate of drug-likeness (QED) is 0.837. The lowest BCUT2D eigenvalue weighted by Gasteiger charge is -2.45. The minimum absolute atomic E-state index is 0.204. The highest BCUT2D eigenvalue weighted by molar-refractivity contribution is 5.78. The smallest absolute Gasteiger partial charge is 0.234 e. The molecule has 0 aromatic rings. The Labute approximate surface area is 130 Å². The average molecular weight is 295 g/mol. The van der Waals surface area contributed by atoms with E-state index in [2.05, 4.69) is 43.2 Å². The first-order valence-electron chi connectivity index (χ1n) is 8.48. The van der Waals surface area contributed by atoms with Crippen LogP contribution in [0.1, 0.15) is 53.4 Å². The summed E-state index contributed by atoms with van der Waals surface area (Å²) in [6.45, 7) is 13.9. The van der Waals surface area contributed by atoms with E-state index in [9.17, 15) is 4.79 Å². The van der Waals surface area contributed by atoms with Gasteiger partial charge in [-0.05, 0) is 49.6 Å². The molecule has 1 amide bonds. The molecule has 21 heavy (non-hydrogen) atoms. The van der Waals surface area contributed by atoms with Crippen LogP contribution in [0.3, 0.4) is 0 Å². The van der Waals surface area contributed by atoms with E-state index >= 15 is 0 Å². The van der Waals surface area contributed by atoms with Crippen molar-refractivity contribution in [3.8, 4) is 0 Å². The van der Waals surface area contributed by atoms with Gasteiger partial charge in [-0.2, -0.15) is 0 Å². The molecular weight excluding hydrogens is 262 g/mol. The highest BCUT2D eigenvalue weighted by atomic mass is 16.2. The topological polar surface area (TPSA) is 44.4 Å². The second-order valence-electron chi connectivity index (χ2n) is 8.56. The summed E-state index contributed by atoms with van der Waals surface area (Å²) in [7, 11) is 0. The van der Waals surface area contributed by atoms with Crippen LogP contribution >= 0.6 is 0 Å². The molecule has 122 valence electrons. The molecule has 0 bridgehead atoms. The molecule has 1 saturated heterocycles. The monoisotopic (exact) mass is 295 g/mol. The lowest BCUT2D eigenvalue weighted by Crippen LogP contribution is -2.48.